The summed E-state index contributed by atoms with van der Waals surface area (Å²) < 4.78 is 23.8. The molecule has 1 fully saturated rings. The molecule has 0 bridgehead atoms. The van der Waals surface area contributed by atoms with Gasteiger partial charge >= 0.3 is 0 Å². The average Bonchev–Trinajstić information content (AvgIpc) is 2.92. The highest BCUT2D eigenvalue weighted by molar-refractivity contribution is 7.91. The zero-order chi connectivity index (χ0) is 17.3. The second-order valence-corrected chi connectivity index (χ2v) is 8.49. The zero-order valence-electron chi connectivity index (χ0n) is 13.1. The van der Waals surface area contributed by atoms with Crippen molar-refractivity contribution in [2.75, 3.05) is 16.4 Å². The van der Waals surface area contributed by atoms with Crippen molar-refractivity contribution in [1.29, 1.82) is 0 Å². The van der Waals surface area contributed by atoms with Gasteiger partial charge in [0.25, 0.3) is 5.91 Å². The number of aromatic nitrogens is 1. The number of amides is 1. The van der Waals surface area contributed by atoms with Crippen molar-refractivity contribution >= 4 is 33.0 Å². The van der Waals surface area contributed by atoms with Crippen LogP contribution in [0.3, 0.4) is 0 Å². The number of nitrogens with zero attached hydrogens (tertiary/aromatic N) is 2. The van der Waals surface area contributed by atoms with E-state index >= 15 is 0 Å². The fraction of sp³-hybridized carbons (Fsp3) is 0.294. The molecule has 7 heteroatoms. The molecule has 0 radical (unpaired) electrons. The highest BCUT2D eigenvalue weighted by Crippen LogP contribution is 2.32. The lowest BCUT2D eigenvalue weighted by atomic mass is 10.1. The molecule has 1 unspecified atom stereocenters. The molecule has 24 heavy (non-hydrogen) atoms. The Morgan fingerprint density at radius 1 is 1.29 bits per heavy atom. The van der Waals surface area contributed by atoms with Crippen molar-refractivity contribution < 1.29 is 13.2 Å². The van der Waals surface area contributed by atoms with E-state index in [2.05, 4.69) is 4.98 Å². The van der Waals surface area contributed by atoms with Crippen LogP contribution in [-0.2, 0) is 9.84 Å². The van der Waals surface area contributed by atoms with E-state index in [1.807, 2.05) is 6.92 Å². The van der Waals surface area contributed by atoms with E-state index in [0.29, 0.717) is 22.7 Å². The minimum atomic E-state index is -3.13. The van der Waals surface area contributed by atoms with Crippen molar-refractivity contribution in [3.05, 3.63) is 58.9 Å². The molecule has 2 aromatic rings. The molecule has 1 atom stereocenters. The summed E-state index contributed by atoms with van der Waals surface area (Å²) in [5, 5.41) is 0.539. The van der Waals surface area contributed by atoms with Crippen LogP contribution in [0.15, 0.2) is 42.7 Å². The smallest absolute Gasteiger partial charge is 0.260 e. The summed E-state index contributed by atoms with van der Waals surface area (Å²) in [6, 6.07) is 8.25. The van der Waals surface area contributed by atoms with Crippen molar-refractivity contribution in [2.24, 2.45) is 0 Å². The first-order valence-electron chi connectivity index (χ1n) is 7.58. The van der Waals surface area contributed by atoms with E-state index in [1.165, 1.54) is 6.20 Å². The molecule has 5 nitrogen and oxygen atoms in total. The van der Waals surface area contributed by atoms with Crippen molar-refractivity contribution in [1.82, 2.24) is 4.98 Å². The van der Waals surface area contributed by atoms with Gasteiger partial charge in [0, 0.05) is 23.1 Å². The molecule has 0 aliphatic carbocycles. The molecule has 2 heterocycles. The Bertz CT molecular complexity index is 869. The van der Waals surface area contributed by atoms with Gasteiger partial charge in [-0.05, 0) is 43.2 Å². The molecular weight excluding hydrogens is 348 g/mol. The van der Waals surface area contributed by atoms with Gasteiger partial charge in [0.2, 0.25) is 0 Å². The van der Waals surface area contributed by atoms with Crippen LogP contribution in [0.5, 0.6) is 0 Å². The topological polar surface area (TPSA) is 67.3 Å². The van der Waals surface area contributed by atoms with E-state index in [9.17, 15) is 13.2 Å². The summed E-state index contributed by atoms with van der Waals surface area (Å²) in [6.07, 6.45) is 3.49. The molecule has 0 spiro atoms. The van der Waals surface area contributed by atoms with Crippen LogP contribution in [0.2, 0.25) is 5.02 Å². The number of carbonyl (C=O) groups is 1. The number of rotatable bonds is 3. The van der Waals surface area contributed by atoms with E-state index in [-0.39, 0.29) is 17.4 Å². The molecule has 1 aromatic carbocycles. The van der Waals surface area contributed by atoms with Gasteiger partial charge in [-0.25, -0.2) is 8.42 Å². The number of hydrogen-bond acceptors (Lipinski definition) is 4. The molecule has 0 saturated carbocycles. The Hall–Kier alpha value is -1.92. The number of hydrogen-bond donors (Lipinski definition) is 0. The summed E-state index contributed by atoms with van der Waals surface area (Å²) in [6.45, 7) is 1.82. The third-order valence-electron chi connectivity index (χ3n) is 4.20. The molecule has 1 amide bonds. The Morgan fingerprint density at radius 2 is 2.08 bits per heavy atom. The summed E-state index contributed by atoms with van der Waals surface area (Å²) in [7, 11) is -3.13. The Balaban J connectivity index is 2.08. The highest BCUT2D eigenvalue weighted by atomic mass is 35.5. The molecule has 1 aliphatic heterocycles. The van der Waals surface area contributed by atoms with Crippen LogP contribution < -0.4 is 4.90 Å². The minimum absolute atomic E-state index is 0.0368. The molecule has 0 N–H and O–H groups in total. The summed E-state index contributed by atoms with van der Waals surface area (Å²) >= 11 is 6.20. The standard InChI is InChI=1S/C17H17ClN2O3S/c1-12-15(18)5-2-6-16(12)20(14-7-9-24(22,23)11-14)17(21)13-4-3-8-19-10-13/h2-6,8,10,14H,7,9,11H2,1H3. The predicted octanol–water partition coefficient (Wildman–Crippen LogP) is 2.88. The van der Waals surface area contributed by atoms with Gasteiger partial charge in [0.15, 0.2) is 9.84 Å². The molecule has 126 valence electrons. The number of benzene rings is 1. The monoisotopic (exact) mass is 364 g/mol. The normalized spacial score (nSPS) is 19.2. The quantitative estimate of drug-likeness (QED) is 0.839. The maximum absolute atomic E-state index is 13.1. The van der Waals surface area contributed by atoms with Crippen LogP contribution in [0.25, 0.3) is 0 Å². The molecule has 1 aliphatic rings. The maximum atomic E-state index is 13.1. The number of pyridine rings is 1. The first-order valence-corrected chi connectivity index (χ1v) is 9.78. The van der Waals surface area contributed by atoms with Gasteiger partial charge in [0.05, 0.1) is 23.1 Å². The van der Waals surface area contributed by atoms with Gasteiger partial charge in [-0.2, -0.15) is 0 Å². The largest absolute Gasteiger partial charge is 0.304 e. The van der Waals surface area contributed by atoms with Gasteiger partial charge < -0.3 is 4.90 Å². The van der Waals surface area contributed by atoms with Crippen LogP contribution in [0.4, 0.5) is 5.69 Å². The number of halogens is 1. The van der Waals surface area contributed by atoms with Gasteiger partial charge in [-0.15, -0.1) is 0 Å². The van der Waals surface area contributed by atoms with Crippen molar-refractivity contribution in [3.8, 4) is 0 Å². The first-order chi connectivity index (χ1) is 11.4. The van der Waals surface area contributed by atoms with Crippen LogP contribution in [0, 0.1) is 6.92 Å². The molecule has 3 rings (SSSR count). The van der Waals surface area contributed by atoms with E-state index in [4.69, 9.17) is 11.6 Å². The average molecular weight is 365 g/mol. The fourth-order valence-corrected chi connectivity index (χ4v) is 4.81. The molecule has 1 saturated heterocycles. The van der Waals surface area contributed by atoms with Crippen LogP contribution in [0.1, 0.15) is 22.3 Å². The Labute approximate surface area is 146 Å². The van der Waals surface area contributed by atoms with E-state index in [1.54, 1.807) is 41.4 Å². The first kappa shape index (κ1) is 16.9. The Morgan fingerprint density at radius 3 is 2.71 bits per heavy atom. The van der Waals surface area contributed by atoms with Crippen molar-refractivity contribution in [2.45, 2.75) is 19.4 Å². The number of carbonyl (C=O) groups excluding carboxylic acids is 1. The predicted molar refractivity (Wildman–Crippen MR) is 94.3 cm³/mol. The number of sulfone groups is 1. The highest BCUT2D eigenvalue weighted by Gasteiger charge is 2.36. The molecule has 1 aromatic heterocycles. The molecular formula is C17H17ClN2O3S. The third-order valence-corrected chi connectivity index (χ3v) is 6.36. The maximum Gasteiger partial charge on any atom is 0.260 e. The zero-order valence-corrected chi connectivity index (χ0v) is 14.7. The Kier molecular flexibility index (Phi) is 4.60. The van der Waals surface area contributed by atoms with Crippen molar-refractivity contribution in [3.63, 3.8) is 0 Å². The lowest BCUT2D eigenvalue weighted by Crippen LogP contribution is -2.41. The lowest BCUT2D eigenvalue weighted by molar-refractivity contribution is 0.0978. The summed E-state index contributed by atoms with van der Waals surface area (Å²) in [5.41, 5.74) is 1.81. The summed E-state index contributed by atoms with van der Waals surface area (Å²) in [5.74, 6) is -0.213. The van der Waals surface area contributed by atoms with Crippen LogP contribution in [-0.4, -0.2) is 36.9 Å². The second-order valence-electron chi connectivity index (χ2n) is 5.86. The van der Waals surface area contributed by atoms with Gasteiger partial charge in [0.1, 0.15) is 0 Å². The second kappa shape index (κ2) is 6.53. The van der Waals surface area contributed by atoms with E-state index < -0.39 is 15.9 Å². The number of anilines is 1. The SMILES string of the molecule is Cc1c(Cl)cccc1N(C(=O)c1cccnc1)C1CCS(=O)(=O)C1. The summed E-state index contributed by atoms with van der Waals surface area (Å²) in [4.78, 5) is 18.6. The van der Waals surface area contributed by atoms with E-state index in [0.717, 1.165) is 5.56 Å². The fourth-order valence-electron chi connectivity index (χ4n) is 2.94. The third kappa shape index (κ3) is 3.30. The minimum Gasteiger partial charge on any atom is -0.304 e. The van der Waals surface area contributed by atoms with Gasteiger partial charge in [-0.3, -0.25) is 9.78 Å². The van der Waals surface area contributed by atoms with Crippen LogP contribution >= 0.6 is 11.6 Å². The van der Waals surface area contributed by atoms with Gasteiger partial charge in [-0.1, -0.05) is 17.7 Å². The lowest BCUT2D eigenvalue weighted by Gasteiger charge is -2.30.